The van der Waals surface area contributed by atoms with Gasteiger partial charge in [-0.05, 0) is 41.5 Å². The molecule has 134 valence electrons. The number of benzene rings is 1. The number of thiocarbonyl (C=S) groups is 1. The van der Waals surface area contributed by atoms with Gasteiger partial charge in [0.25, 0.3) is 0 Å². The van der Waals surface area contributed by atoms with Gasteiger partial charge in [-0.3, -0.25) is 4.79 Å². The highest BCUT2D eigenvalue weighted by atomic mass is 32.1. The van der Waals surface area contributed by atoms with Crippen LogP contribution in [-0.2, 0) is 17.9 Å². The molecule has 0 aliphatic carbocycles. The third-order valence-corrected chi connectivity index (χ3v) is 4.33. The number of amides is 1. The van der Waals surface area contributed by atoms with E-state index in [-0.39, 0.29) is 5.91 Å². The summed E-state index contributed by atoms with van der Waals surface area (Å²) >= 11 is 5.38. The van der Waals surface area contributed by atoms with Crippen LogP contribution in [0.25, 0.3) is 11.0 Å². The molecule has 26 heavy (non-hydrogen) atoms. The number of carbonyl (C=O) groups is 1. The molecule has 0 saturated carbocycles. The van der Waals surface area contributed by atoms with Crippen molar-refractivity contribution in [3.8, 4) is 0 Å². The maximum absolute atomic E-state index is 11.6. The van der Waals surface area contributed by atoms with Crippen LogP contribution in [0.3, 0.4) is 0 Å². The minimum atomic E-state index is -0.00800. The summed E-state index contributed by atoms with van der Waals surface area (Å²) in [5.74, 6) is -0.00800. The van der Waals surface area contributed by atoms with Crippen LogP contribution in [0.5, 0.6) is 0 Å². The van der Waals surface area contributed by atoms with Crippen LogP contribution >= 0.6 is 12.2 Å². The number of anilines is 1. The van der Waals surface area contributed by atoms with Crippen LogP contribution in [0.15, 0.2) is 48.8 Å². The van der Waals surface area contributed by atoms with E-state index in [4.69, 9.17) is 12.2 Å². The molecule has 0 atom stereocenters. The number of para-hydroxylation sites is 1. The van der Waals surface area contributed by atoms with Gasteiger partial charge in [0.1, 0.15) is 5.65 Å². The number of aromatic amines is 1. The number of nitrogens with one attached hydrogen (secondary N) is 4. The smallest absolute Gasteiger partial charge is 0.224 e. The summed E-state index contributed by atoms with van der Waals surface area (Å²) in [6.07, 6.45) is 4.10. The Labute approximate surface area is 157 Å². The first-order valence-electron chi connectivity index (χ1n) is 8.47. The molecule has 0 saturated heterocycles. The molecule has 7 heteroatoms. The quantitative estimate of drug-likeness (QED) is 0.504. The normalized spacial score (nSPS) is 10.5. The molecule has 3 aromatic rings. The Hall–Kier alpha value is -2.93. The standard InChI is InChI=1S/C19H21N5OS/c1-2-17(25)24-16-6-4-3-5-14(16)12-23-19(26)22-11-13-7-9-20-18-15(13)8-10-21-18/h3-10H,2,11-12H2,1H3,(H,20,21)(H,24,25)(H2,22,23,26). The molecule has 0 unspecified atom stereocenters. The SMILES string of the molecule is CCC(=O)Nc1ccccc1CNC(=S)NCc1ccnc2[nH]ccc12. The first kappa shape index (κ1) is 17.9. The molecule has 0 aliphatic heterocycles. The van der Waals surface area contributed by atoms with Crippen molar-refractivity contribution in [2.24, 2.45) is 0 Å². The maximum atomic E-state index is 11.6. The van der Waals surface area contributed by atoms with Gasteiger partial charge in [0.15, 0.2) is 5.11 Å². The first-order chi connectivity index (χ1) is 12.7. The lowest BCUT2D eigenvalue weighted by molar-refractivity contribution is -0.115. The zero-order chi connectivity index (χ0) is 18.4. The number of hydrogen-bond donors (Lipinski definition) is 4. The predicted octanol–water partition coefficient (Wildman–Crippen LogP) is 3.08. The average Bonchev–Trinajstić information content (AvgIpc) is 3.15. The van der Waals surface area contributed by atoms with Gasteiger partial charge >= 0.3 is 0 Å². The number of carbonyl (C=O) groups excluding carboxylic acids is 1. The number of hydrogen-bond acceptors (Lipinski definition) is 3. The number of aromatic nitrogens is 2. The van der Waals surface area contributed by atoms with E-state index in [0.717, 1.165) is 27.8 Å². The molecule has 0 spiro atoms. The van der Waals surface area contributed by atoms with Crippen molar-refractivity contribution < 1.29 is 4.79 Å². The van der Waals surface area contributed by atoms with E-state index in [0.29, 0.717) is 24.6 Å². The van der Waals surface area contributed by atoms with Gasteiger partial charge in [-0.2, -0.15) is 0 Å². The van der Waals surface area contributed by atoms with Crippen molar-refractivity contribution in [2.45, 2.75) is 26.4 Å². The predicted molar refractivity (Wildman–Crippen MR) is 108 cm³/mol. The van der Waals surface area contributed by atoms with Crippen LogP contribution in [-0.4, -0.2) is 21.0 Å². The molecule has 4 N–H and O–H groups in total. The fraction of sp³-hybridized carbons (Fsp3) is 0.211. The number of nitrogens with zero attached hydrogens (tertiary/aromatic N) is 1. The number of H-pyrrole nitrogens is 1. The average molecular weight is 367 g/mol. The minimum absolute atomic E-state index is 0.00800. The summed E-state index contributed by atoms with van der Waals surface area (Å²) in [6.45, 7) is 2.97. The topological polar surface area (TPSA) is 81.8 Å². The van der Waals surface area contributed by atoms with Crippen LogP contribution < -0.4 is 16.0 Å². The monoisotopic (exact) mass is 367 g/mol. The number of fused-ring (bicyclic) bond motifs is 1. The zero-order valence-electron chi connectivity index (χ0n) is 14.5. The van der Waals surface area contributed by atoms with Crippen LogP contribution in [0, 0.1) is 0 Å². The Morgan fingerprint density at radius 3 is 2.69 bits per heavy atom. The van der Waals surface area contributed by atoms with Crippen molar-refractivity contribution in [1.29, 1.82) is 0 Å². The Morgan fingerprint density at radius 2 is 1.88 bits per heavy atom. The van der Waals surface area contributed by atoms with E-state index in [9.17, 15) is 4.79 Å². The van der Waals surface area contributed by atoms with Crippen molar-refractivity contribution in [2.75, 3.05) is 5.32 Å². The Morgan fingerprint density at radius 1 is 1.12 bits per heavy atom. The Balaban J connectivity index is 1.56. The van der Waals surface area contributed by atoms with Gasteiger partial charge in [-0.25, -0.2) is 4.98 Å². The van der Waals surface area contributed by atoms with Gasteiger partial charge in [0, 0.05) is 43.0 Å². The summed E-state index contributed by atoms with van der Waals surface area (Å²) in [7, 11) is 0. The molecule has 0 fully saturated rings. The number of pyridine rings is 1. The highest BCUT2D eigenvalue weighted by Crippen LogP contribution is 2.16. The lowest BCUT2D eigenvalue weighted by atomic mass is 10.1. The van der Waals surface area contributed by atoms with Crippen LogP contribution in [0.1, 0.15) is 24.5 Å². The highest BCUT2D eigenvalue weighted by Gasteiger charge is 2.06. The third kappa shape index (κ3) is 4.37. The van der Waals surface area contributed by atoms with E-state index in [2.05, 4.69) is 25.9 Å². The van der Waals surface area contributed by atoms with Gasteiger partial charge in [-0.1, -0.05) is 25.1 Å². The molecule has 0 bridgehead atoms. The lowest BCUT2D eigenvalue weighted by Gasteiger charge is -2.14. The Bertz CT molecular complexity index is 921. The highest BCUT2D eigenvalue weighted by molar-refractivity contribution is 7.80. The molecule has 0 aliphatic rings. The lowest BCUT2D eigenvalue weighted by Crippen LogP contribution is -2.34. The summed E-state index contributed by atoms with van der Waals surface area (Å²) in [4.78, 5) is 19.0. The molecule has 1 amide bonds. The summed E-state index contributed by atoms with van der Waals surface area (Å²) in [5.41, 5.74) is 3.77. The molecular weight excluding hydrogens is 346 g/mol. The van der Waals surface area contributed by atoms with Gasteiger partial charge < -0.3 is 20.9 Å². The van der Waals surface area contributed by atoms with E-state index < -0.39 is 0 Å². The van der Waals surface area contributed by atoms with E-state index in [1.807, 2.05) is 49.5 Å². The molecule has 2 heterocycles. The Kier molecular flexibility index (Phi) is 5.80. The molecular formula is C19H21N5OS. The molecule has 3 rings (SSSR count). The first-order valence-corrected chi connectivity index (χ1v) is 8.88. The van der Waals surface area contributed by atoms with Crippen molar-refractivity contribution in [1.82, 2.24) is 20.6 Å². The van der Waals surface area contributed by atoms with E-state index in [1.165, 1.54) is 0 Å². The number of rotatable bonds is 6. The van der Waals surface area contributed by atoms with Gasteiger partial charge in [-0.15, -0.1) is 0 Å². The second kappa shape index (κ2) is 8.44. The molecule has 2 aromatic heterocycles. The second-order valence-corrected chi connectivity index (χ2v) is 6.21. The molecule has 6 nitrogen and oxygen atoms in total. The summed E-state index contributed by atoms with van der Waals surface area (Å²) in [5, 5.41) is 10.9. The second-order valence-electron chi connectivity index (χ2n) is 5.81. The van der Waals surface area contributed by atoms with Crippen molar-refractivity contribution in [3.05, 3.63) is 59.9 Å². The van der Waals surface area contributed by atoms with E-state index in [1.54, 1.807) is 6.20 Å². The summed E-state index contributed by atoms with van der Waals surface area (Å²) < 4.78 is 0. The third-order valence-electron chi connectivity index (χ3n) is 4.04. The van der Waals surface area contributed by atoms with Crippen molar-refractivity contribution >= 4 is 40.0 Å². The largest absolute Gasteiger partial charge is 0.359 e. The van der Waals surface area contributed by atoms with Gasteiger partial charge in [0.05, 0.1) is 0 Å². The van der Waals surface area contributed by atoms with Crippen LogP contribution in [0.4, 0.5) is 5.69 Å². The molecule has 1 aromatic carbocycles. The minimum Gasteiger partial charge on any atom is -0.359 e. The molecule has 0 radical (unpaired) electrons. The zero-order valence-corrected chi connectivity index (χ0v) is 15.3. The van der Waals surface area contributed by atoms with Crippen molar-refractivity contribution in [3.63, 3.8) is 0 Å². The van der Waals surface area contributed by atoms with E-state index >= 15 is 0 Å². The van der Waals surface area contributed by atoms with Crippen LogP contribution in [0.2, 0.25) is 0 Å². The fourth-order valence-corrected chi connectivity index (χ4v) is 2.77. The fourth-order valence-electron chi connectivity index (χ4n) is 2.62. The van der Waals surface area contributed by atoms with Gasteiger partial charge in [0.2, 0.25) is 5.91 Å². The maximum Gasteiger partial charge on any atom is 0.224 e. The summed E-state index contributed by atoms with van der Waals surface area (Å²) in [6, 6.07) is 11.7.